The van der Waals surface area contributed by atoms with Crippen molar-refractivity contribution in [1.82, 2.24) is 14.5 Å². The number of ketones is 1. The maximum absolute atomic E-state index is 13.1. The van der Waals surface area contributed by atoms with Crippen LogP contribution in [0.5, 0.6) is 5.75 Å². The van der Waals surface area contributed by atoms with E-state index in [-0.39, 0.29) is 23.1 Å². The van der Waals surface area contributed by atoms with E-state index >= 15 is 0 Å². The molecule has 0 radical (unpaired) electrons. The van der Waals surface area contributed by atoms with Crippen molar-refractivity contribution in [1.29, 1.82) is 0 Å². The minimum absolute atomic E-state index is 0.0179. The van der Waals surface area contributed by atoms with Gasteiger partial charge in [0.2, 0.25) is 10.0 Å². The lowest BCUT2D eigenvalue weighted by molar-refractivity contribution is 0.0872. The summed E-state index contributed by atoms with van der Waals surface area (Å²) < 4.78 is 32.8. The highest BCUT2D eigenvalue weighted by molar-refractivity contribution is 7.89. The van der Waals surface area contributed by atoms with Crippen LogP contribution in [-0.4, -0.2) is 48.9 Å². The van der Waals surface area contributed by atoms with Gasteiger partial charge in [-0.3, -0.25) is 9.89 Å². The zero-order valence-electron chi connectivity index (χ0n) is 16.1. The van der Waals surface area contributed by atoms with Gasteiger partial charge in [-0.25, -0.2) is 8.42 Å². The van der Waals surface area contributed by atoms with Crippen LogP contribution in [0.2, 0.25) is 0 Å². The number of rotatable bonds is 5. The quantitative estimate of drug-likeness (QED) is 0.791. The maximum atomic E-state index is 13.1. The second-order valence-electron chi connectivity index (χ2n) is 7.01. The lowest BCUT2D eigenvalue weighted by atomic mass is 9.89. The molecule has 0 amide bonds. The number of carbonyl (C=O) groups excluding carboxylic acids is 1. The number of nitrogens with one attached hydrogen (secondary N) is 1. The van der Waals surface area contributed by atoms with E-state index in [1.807, 2.05) is 13.0 Å². The normalized spacial score (nSPS) is 18.4. The molecule has 1 aromatic heterocycles. The number of ether oxygens (including phenoxy) is 1. The Bertz CT molecular complexity index is 946. The molecule has 1 aliphatic heterocycles. The number of aryl methyl sites for hydroxylation is 3. The van der Waals surface area contributed by atoms with Gasteiger partial charge < -0.3 is 4.74 Å². The smallest absolute Gasteiger partial charge is 0.246 e. The molecule has 1 aliphatic rings. The number of aromatic nitrogens is 2. The molecule has 1 saturated heterocycles. The fourth-order valence-corrected chi connectivity index (χ4v) is 5.54. The van der Waals surface area contributed by atoms with Gasteiger partial charge >= 0.3 is 0 Å². The highest BCUT2D eigenvalue weighted by atomic mass is 32.2. The van der Waals surface area contributed by atoms with Gasteiger partial charge in [-0.2, -0.15) is 9.40 Å². The standard InChI is InChI=1S/C19H25N3O4S/c1-12-10-16(26-4)7-8-17(12)18(23)15-6-5-9-22(11-15)27(24,25)19-13(2)20-21-14(19)3/h7-8,10,15H,5-6,9,11H2,1-4H3,(H,20,21). The monoisotopic (exact) mass is 391 g/mol. The zero-order valence-corrected chi connectivity index (χ0v) is 16.9. The number of hydrogen-bond donors (Lipinski definition) is 1. The lowest BCUT2D eigenvalue weighted by Crippen LogP contribution is -2.42. The summed E-state index contributed by atoms with van der Waals surface area (Å²) in [4.78, 5) is 13.3. The molecule has 7 nitrogen and oxygen atoms in total. The second-order valence-corrected chi connectivity index (χ2v) is 8.89. The van der Waals surface area contributed by atoms with Crippen molar-refractivity contribution < 1.29 is 17.9 Å². The van der Waals surface area contributed by atoms with Gasteiger partial charge in [0.15, 0.2) is 5.78 Å². The first-order chi connectivity index (χ1) is 12.8. The van der Waals surface area contributed by atoms with Crippen LogP contribution in [0.3, 0.4) is 0 Å². The van der Waals surface area contributed by atoms with Crippen LogP contribution in [0, 0.1) is 26.7 Å². The fraction of sp³-hybridized carbons (Fsp3) is 0.474. The minimum atomic E-state index is -3.68. The Morgan fingerprint density at radius 2 is 2.04 bits per heavy atom. The van der Waals surface area contributed by atoms with E-state index in [0.717, 1.165) is 5.56 Å². The first-order valence-corrected chi connectivity index (χ1v) is 10.4. The Hall–Kier alpha value is -2.19. The molecule has 1 N–H and O–H groups in total. The van der Waals surface area contributed by atoms with Crippen molar-refractivity contribution >= 4 is 15.8 Å². The Kier molecular flexibility index (Phi) is 5.39. The summed E-state index contributed by atoms with van der Waals surface area (Å²) >= 11 is 0. The Labute approximate surface area is 159 Å². The zero-order chi connectivity index (χ0) is 19.8. The van der Waals surface area contributed by atoms with E-state index in [2.05, 4.69) is 10.2 Å². The van der Waals surface area contributed by atoms with Crippen LogP contribution in [0.4, 0.5) is 0 Å². The number of carbonyl (C=O) groups is 1. The topological polar surface area (TPSA) is 92.4 Å². The number of Topliss-reactive ketones (excluding diaryl/α,β-unsaturated/α-hetero) is 1. The molecule has 0 aliphatic carbocycles. The van der Waals surface area contributed by atoms with Crippen LogP contribution < -0.4 is 4.74 Å². The van der Waals surface area contributed by atoms with E-state index in [4.69, 9.17) is 4.74 Å². The summed E-state index contributed by atoms with van der Waals surface area (Å²) in [5.74, 6) is 0.326. The summed E-state index contributed by atoms with van der Waals surface area (Å²) in [6.07, 6.45) is 1.33. The number of H-pyrrole nitrogens is 1. The molecule has 1 unspecified atom stereocenters. The van der Waals surface area contributed by atoms with Crippen molar-refractivity contribution in [3.63, 3.8) is 0 Å². The lowest BCUT2D eigenvalue weighted by Gasteiger charge is -2.31. The number of methoxy groups -OCH3 is 1. The second kappa shape index (κ2) is 7.44. The minimum Gasteiger partial charge on any atom is -0.497 e. The van der Waals surface area contributed by atoms with E-state index in [1.54, 1.807) is 33.1 Å². The highest BCUT2D eigenvalue weighted by Gasteiger charge is 2.36. The van der Waals surface area contributed by atoms with Crippen molar-refractivity contribution in [2.24, 2.45) is 5.92 Å². The first kappa shape index (κ1) is 19.6. The molecule has 146 valence electrons. The molecular formula is C19H25N3O4S. The fourth-order valence-electron chi connectivity index (χ4n) is 3.68. The summed E-state index contributed by atoms with van der Waals surface area (Å²) in [5.41, 5.74) is 2.43. The van der Waals surface area contributed by atoms with Crippen LogP contribution in [0.1, 0.15) is 40.2 Å². The average Bonchev–Trinajstić information content (AvgIpc) is 3.00. The van der Waals surface area contributed by atoms with Crippen molar-refractivity contribution in [3.8, 4) is 5.75 Å². The third-order valence-corrected chi connectivity index (χ3v) is 7.24. The van der Waals surface area contributed by atoms with Gasteiger partial charge in [-0.05, 0) is 57.4 Å². The summed E-state index contributed by atoms with van der Waals surface area (Å²) in [5, 5.41) is 6.72. The maximum Gasteiger partial charge on any atom is 0.246 e. The Morgan fingerprint density at radius 3 is 2.63 bits per heavy atom. The van der Waals surface area contributed by atoms with E-state index in [9.17, 15) is 13.2 Å². The number of nitrogens with zero attached hydrogens (tertiary/aromatic N) is 2. The Morgan fingerprint density at radius 1 is 1.30 bits per heavy atom. The molecule has 0 saturated carbocycles. The van der Waals surface area contributed by atoms with Gasteiger partial charge in [0.25, 0.3) is 0 Å². The van der Waals surface area contributed by atoms with E-state index < -0.39 is 10.0 Å². The molecule has 1 fully saturated rings. The Balaban J connectivity index is 1.85. The van der Waals surface area contributed by atoms with Gasteiger partial charge in [-0.1, -0.05) is 0 Å². The number of aromatic amines is 1. The molecule has 8 heteroatoms. The highest BCUT2D eigenvalue weighted by Crippen LogP contribution is 2.29. The summed E-state index contributed by atoms with van der Waals surface area (Å²) in [6, 6.07) is 5.34. The van der Waals surface area contributed by atoms with Gasteiger partial charge in [0.05, 0.1) is 18.5 Å². The molecule has 1 atom stereocenters. The molecule has 27 heavy (non-hydrogen) atoms. The van der Waals surface area contributed by atoms with Gasteiger partial charge in [-0.15, -0.1) is 0 Å². The molecule has 3 rings (SSSR count). The first-order valence-electron chi connectivity index (χ1n) is 8.96. The predicted octanol–water partition coefficient (Wildman–Crippen LogP) is 2.63. The van der Waals surface area contributed by atoms with Crippen molar-refractivity contribution in [2.45, 2.75) is 38.5 Å². The van der Waals surface area contributed by atoms with Crippen LogP contribution in [0.15, 0.2) is 23.1 Å². The molecule has 2 aromatic rings. The van der Waals surface area contributed by atoms with Crippen LogP contribution >= 0.6 is 0 Å². The molecular weight excluding hydrogens is 366 g/mol. The SMILES string of the molecule is COc1ccc(C(=O)C2CCCN(S(=O)(=O)c3c(C)n[nH]c3C)C2)c(C)c1. The number of sulfonamides is 1. The largest absolute Gasteiger partial charge is 0.497 e. The van der Waals surface area contributed by atoms with Crippen molar-refractivity contribution in [2.75, 3.05) is 20.2 Å². The third-order valence-electron chi connectivity index (χ3n) is 5.11. The summed E-state index contributed by atoms with van der Waals surface area (Å²) in [6.45, 7) is 5.84. The van der Waals surface area contributed by atoms with Crippen LogP contribution in [-0.2, 0) is 10.0 Å². The number of hydrogen-bond acceptors (Lipinski definition) is 5. The molecule has 2 heterocycles. The number of benzene rings is 1. The molecule has 0 bridgehead atoms. The third kappa shape index (κ3) is 3.64. The van der Waals surface area contributed by atoms with Gasteiger partial charge in [0.1, 0.15) is 10.6 Å². The van der Waals surface area contributed by atoms with Gasteiger partial charge in [0, 0.05) is 24.6 Å². The average molecular weight is 391 g/mol. The predicted molar refractivity (Wildman–Crippen MR) is 102 cm³/mol. The number of piperidine rings is 1. The van der Waals surface area contributed by atoms with Crippen LogP contribution in [0.25, 0.3) is 0 Å². The molecule has 0 spiro atoms. The summed E-state index contributed by atoms with van der Waals surface area (Å²) in [7, 11) is -2.10. The van der Waals surface area contributed by atoms with E-state index in [0.29, 0.717) is 42.1 Å². The van der Waals surface area contributed by atoms with Crippen molar-refractivity contribution in [3.05, 3.63) is 40.7 Å². The molecule has 1 aromatic carbocycles. The van der Waals surface area contributed by atoms with E-state index in [1.165, 1.54) is 4.31 Å².